The fraction of sp³-hybridized carbons (Fsp3) is 0. The van der Waals surface area contributed by atoms with Crippen molar-refractivity contribution in [1.82, 2.24) is 0 Å². The fourth-order valence-electron chi connectivity index (χ4n) is 1.42. The summed E-state index contributed by atoms with van der Waals surface area (Å²) in [6.07, 6.45) is 0. The second kappa shape index (κ2) is 6.13. The Labute approximate surface area is 128 Å². The van der Waals surface area contributed by atoms with E-state index in [0.29, 0.717) is 10.7 Å². The number of thiophene rings is 1. The van der Waals surface area contributed by atoms with Crippen molar-refractivity contribution in [3.8, 4) is 0 Å². The first-order valence-electron chi connectivity index (χ1n) is 5.31. The van der Waals surface area contributed by atoms with E-state index in [9.17, 15) is 9.59 Å². The molecule has 1 aromatic heterocycles. The molecule has 0 saturated heterocycles. The SMILES string of the molecule is O=C(Nc1ccc(Cl)cc1Cl)Nc1sccc1C(=O)O. The summed E-state index contributed by atoms with van der Waals surface area (Å²) in [5.74, 6) is -1.11. The highest BCUT2D eigenvalue weighted by Crippen LogP contribution is 2.27. The number of anilines is 2. The quantitative estimate of drug-likeness (QED) is 0.780. The van der Waals surface area contributed by atoms with Gasteiger partial charge in [0.15, 0.2) is 0 Å². The van der Waals surface area contributed by atoms with E-state index in [0.717, 1.165) is 11.3 Å². The third-order valence-corrected chi connectivity index (χ3v) is 3.68. The molecule has 0 fully saturated rings. The van der Waals surface area contributed by atoms with Crippen LogP contribution in [0.15, 0.2) is 29.6 Å². The van der Waals surface area contributed by atoms with Gasteiger partial charge >= 0.3 is 12.0 Å². The van der Waals surface area contributed by atoms with Gasteiger partial charge in [-0.15, -0.1) is 11.3 Å². The number of carbonyl (C=O) groups is 2. The van der Waals surface area contributed by atoms with Gasteiger partial charge in [-0.05, 0) is 29.6 Å². The van der Waals surface area contributed by atoms with Gasteiger partial charge in [-0.2, -0.15) is 0 Å². The second-order valence-corrected chi connectivity index (χ2v) is 5.43. The van der Waals surface area contributed by atoms with Gasteiger partial charge in [-0.25, -0.2) is 9.59 Å². The summed E-state index contributed by atoms with van der Waals surface area (Å²) in [4.78, 5) is 22.7. The number of hydrogen-bond donors (Lipinski definition) is 3. The molecule has 3 N–H and O–H groups in total. The average molecular weight is 331 g/mol. The summed E-state index contributed by atoms with van der Waals surface area (Å²) >= 11 is 12.8. The number of urea groups is 1. The minimum atomic E-state index is -1.11. The third-order valence-electron chi connectivity index (χ3n) is 2.30. The largest absolute Gasteiger partial charge is 0.478 e. The van der Waals surface area contributed by atoms with Crippen LogP contribution in [0.5, 0.6) is 0 Å². The lowest BCUT2D eigenvalue weighted by molar-refractivity contribution is 0.0698. The van der Waals surface area contributed by atoms with Gasteiger partial charge in [-0.1, -0.05) is 23.2 Å². The molecule has 0 radical (unpaired) electrons. The van der Waals surface area contributed by atoms with Gasteiger partial charge in [-0.3, -0.25) is 5.32 Å². The van der Waals surface area contributed by atoms with Crippen molar-refractivity contribution in [3.05, 3.63) is 45.3 Å². The van der Waals surface area contributed by atoms with Crippen molar-refractivity contribution >= 4 is 57.2 Å². The van der Waals surface area contributed by atoms with Crippen molar-refractivity contribution in [3.63, 3.8) is 0 Å². The first kappa shape index (κ1) is 14.6. The Hall–Kier alpha value is -1.76. The second-order valence-electron chi connectivity index (χ2n) is 3.67. The van der Waals surface area contributed by atoms with E-state index in [2.05, 4.69) is 10.6 Å². The maximum Gasteiger partial charge on any atom is 0.338 e. The molecule has 20 heavy (non-hydrogen) atoms. The minimum absolute atomic E-state index is 0.0346. The summed E-state index contributed by atoms with van der Waals surface area (Å²) in [6.45, 7) is 0. The van der Waals surface area contributed by atoms with Crippen LogP contribution in [-0.4, -0.2) is 17.1 Å². The van der Waals surface area contributed by atoms with Gasteiger partial charge in [0.1, 0.15) is 5.00 Å². The minimum Gasteiger partial charge on any atom is -0.478 e. The highest BCUT2D eigenvalue weighted by Gasteiger charge is 2.14. The van der Waals surface area contributed by atoms with Crippen LogP contribution in [0.2, 0.25) is 10.0 Å². The fourth-order valence-corrected chi connectivity index (χ4v) is 2.65. The Kier molecular flexibility index (Phi) is 4.49. The maximum absolute atomic E-state index is 11.8. The molecule has 0 aliphatic rings. The number of benzene rings is 1. The Bertz CT molecular complexity index is 672. The smallest absolute Gasteiger partial charge is 0.338 e. The molecular formula is C12H8Cl2N2O3S. The predicted molar refractivity (Wildman–Crippen MR) is 80.4 cm³/mol. The van der Waals surface area contributed by atoms with E-state index in [-0.39, 0.29) is 15.6 Å². The lowest BCUT2D eigenvalue weighted by Crippen LogP contribution is -2.20. The zero-order valence-electron chi connectivity index (χ0n) is 9.81. The molecule has 104 valence electrons. The van der Waals surface area contributed by atoms with Crippen LogP contribution >= 0.6 is 34.5 Å². The highest BCUT2D eigenvalue weighted by molar-refractivity contribution is 7.14. The average Bonchev–Trinajstić information content (AvgIpc) is 2.81. The number of carbonyl (C=O) groups excluding carboxylic acids is 1. The number of rotatable bonds is 3. The van der Waals surface area contributed by atoms with E-state index < -0.39 is 12.0 Å². The molecule has 2 amide bonds. The molecule has 0 bridgehead atoms. The lowest BCUT2D eigenvalue weighted by Gasteiger charge is -2.08. The summed E-state index contributed by atoms with van der Waals surface area (Å²) in [5, 5.41) is 16.5. The monoisotopic (exact) mass is 330 g/mol. The molecule has 0 saturated carbocycles. The summed E-state index contributed by atoms with van der Waals surface area (Å²) in [7, 11) is 0. The number of halogens is 2. The first-order valence-corrected chi connectivity index (χ1v) is 6.95. The molecular weight excluding hydrogens is 323 g/mol. The predicted octanol–water partition coefficient (Wildman–Crippen LogP) is 4.40. The zero-order chi connectivity index (χ0) is 14.7. The van der Waals surface area contributed by atoms with E-state index in [1.165, 1.54) is 12.1 Å². The zero-order valence-corrected chi connectivity index (χ0v) is 12.1. The number of hydrogen-bond acceptors (Lipinski definition) is 3. The van der Waals surface area contributed by atoms with E-state index in [1.54, 1.807) is 17.5 Å². The number of nitrogens with one attached hydrogen (secondary N) is 2. The van der Waals surface area contributed by atoms with Crippen LogP contribution in [0.4, 0.5) is 15.5 Å². The normalized spacial score (nSPS) is 10.1. The molecule has 5 nitrogen and oxygen atoms in total. The number of carboxylic acids is 1. The molecule has 0 spiro atoms. The van der Waals surface area contributed by atoms with Crippen LogP contribution < -0.4 is 10.6 Å². The van der Waals surface area contributed by atoms with Crippen LogP contribution in [0, 0.1) is 0 Å². The Morgan fingerprint density at radius 3 is 2.55 bits per heavy atom. The van der Waals surface area contributed by atoms with E-state index >= 15 is 0 Å². The van der Waals surface area contributed by atoms with Gasteiger partial charge in [0, 0.05) is 5.02 Å². The number of aromatic carboxylic acids is 1. The molecule has 1 heterocycles. The van der Waals surface area contributed by atoms with Gasteiger partial charge in [0.2, 0.25) is 0 Å². The van der Waals surface area contributed by atoms with Crippen LogP contribution in [-0.2, 0) is 0 Å². The Balaban J connectivity index is 2.09. The molecule has 2 aromatic rings. The van der Waals surface area contributed by atoms with Crippen molar-refractivity contribution in [2.75, 3.05) is 10.6 Å². The van der Waals surface area contributed by atoms with Crippen LogP contribution in [0.1, 0.15) is 10.4 Å². The van der Waals surface area contributed by atoms with Gasteiger partial charge < -0.3 is 10.4 Å². The van der Waals surface area contributed by atoms with Crippen molar-refractivity contribution < 1.29 is 14.7 Å². The molecule has 1 aromatic carbocycles. The molecule has 0 aliphatic carbocycles. The topological polar surface area (TPSA) is 78.4 Å². The molecule has 8 heteroatoms. The summed E-state index contributed by atoms with van der Waals surface area (Å²) in [5.41, 5.74) is 0.411. The van der Waals surface area contributed by atoms with Crippen LogP contribution in [0.3, 0.4) is 0 Å². The van der Waals surface area contributed by atoms with Gasteiger partial charge in [0.05, 0.1) is 16.3 Å². The molecule has 2 rings (SSSR count). The molecule has 0 unspecified atom stereocenters. The Morgan fingerprint density at radius 2 is 1.90 bits per heavy atom. The summed E-state index contributed by atoms with van der Waals surface area (Å²) < 4.78 is 0. The van der Waals surface area contributed by atoms with Gasteiger partial charge in [0.25, 0.3) is 0 Å². The number of carboxylic acid groups (broad SMARTS) is 1. The lowest BCUT2D eigenvalue weighted by atomic mass is 10.3. The van der Waals surface area contributed by atoms with Crippen LogP contribution in [0.25, 0.3) is 0 Å². The van der Waals surface area contributed by atoms with Crippen molar-refractivity contribution in [2.24, 2.45) is 0 Å². The molecule has 0 aliphatic heterocycles. The Morgan fingerprint density at radius 1 is 1.15 bits per heavy atom. The standard InChI is InChI=1S/C12H8Cl2N2O3S/c13-6-1-2-9(8(14)5-6)15-12(19)16-10-7(11(17)18)3-4-20-10/h1-5H,(H,17,18)(H2,15,16,19). The first-order chi connectivity index (χ1) is 9.47. The van der Waals surface area contributed by atoms with E-state index in [1.807, 2.05) is 0 Å². The number of amides is 2. The summed E-state index contributed by atoms with van der Waals surface area (Å²) in [6, 6.07) is 5.46. The maximum atomic E-state index is 11.8. The van der Waals surface area contributed by atoms with E-state index in [4.69, 9.17) is 28.3 Å². The third kappa shape index (κ3) is 3.41. The molecule has 0 atom stereocenters. The van der Waals surface area contributed by atoms with Crippen molar-refractivity contribution in [2.45, 2.75) is 0 Å². The van der Waals surface area contributed by atoms with Crippen molar-refractivity contribution in [1.29, 1.82) is 0 Å². The highest BCUT2D eigenvalue weighted by atomic mass is 35.5.